The summed E-state index contributed by atoms with van der Waals surface area (Å²) in [6.45, 7) is 3.71. The number of alkyl halides is 6. The molecule has 208 valence electrons. The van der Waals surface area contributed by atoms with Crippen molar-refractivity contribution in [2.75, 3.05) is 26.4 Å². The number of nitrogens with one attached hydrogen (secondary N) is 1. The van der Waals surface area contributed by atoms with Gasteiger partial charge in [-0.25, -0.2) is 4.79 Å². The molecule has 4 rings (SSSR count). The van der Waals surface area contributed by atoms with Crippen LogP contribution < -0.4 is 5.32 Å². The molecule has 0 atom stereocenters. The number of ether oxygens (including phenoxy) is 2. The number of fused-ring (bicyclic) bond motifs is 1. The summed E-state index contributed by atoms with van der Waals surface area (Å²) in [5, 5.41) is 7.56. The lowest BCUT2D eigenvalue weighted by molar-refractivity contribution is -0.143. The first kappa shape index (κ1) is 27.9. The number of nitrogens with zero attached hydrogens (tertiary/aromatic N) is 2. The fourth-order valence-electron chi connectivity index (χ4n) is 4.98. The zero-order chi connectivity index (χ0) is 27.7. The fraction of sp³-hybridized carbons (Fsp3) is 0.560. The molecule has 2 aliphatic heterocycles. The molecule has 38 heavy (non-hydrogen) atoms. The molecular formula is C25H27F6N3O4. The van der Waals surface area contributed by atoms with Gasteiger partial charge in [-0.2, -0.15) is 31.4 Å². The molecule has 0 unspecified atom stereocenters. The first-order valence-corrected chi connectivity index (χ1v) is 12.2. The molecule has 0 bridgehead atoms. The van der Waals surface area contributed by atoms with Gasteiger partial charge in [-0.3, -0.25) is 9.48 Å². The van der Waals surface area contributed by atoms with Gasteiger partial charge in [0.2, 0.25) is 0 Å². The normalized spacial score (nSPS) is 17.6. The van der Waals surface area contributed by atoms with Crippen LogP contribution in [0.4, 0.5) is 26.3 Å². The lowest BCUT2D eigenvalue weighted by Crippen LogP contribution is -2.40. The van der Waals surface area contributed by atoms with E-state index in [4.69, 9.17) is 9.47 Å². The summed E-state index contributed by atoms with van der Waals surface area (Å²) in [6.07, 6.45) is -7.53. The number of aromatic nitrogens is 2. The van der Waals surface area contributed by atoms with E-state index in [9.17, 15) is 35.9 Å². The molecule has 0 aliphatic carbocycles. The van der Waals surface area contributed by atoms with Crippen LogP contribution in [-0.4, -0.2) is 48.0 Å². The molecule has 1 N–H and O–H groups in total. The Balaban J connectivity index is 1.47. The molecule has 1 fully saturated rings. The van der Waals surface area contributed by atoms with Crippen molar-refractivity contribution in [1.29, 1.82) is 0 Å². The first-order chi connectivity index (χ1) is 17.8. The van der Waals surface area contributed by atoms with E-state index in [-0.39, 0.29) is 30.4 Å². The van der Waals surface area contributed by atoms with Crippen molar-refractivity contribution >= 4 is 11.9 Å². The van der Waals surface area contributed by atoms with E-state index >= 15 is 0 Å². The third-order valence-electron chi connectivity index (χ3n) is 7.04. The maximum absolute atomic E-state index is 13.4. The van der Waals surface area contributed by atoms with Crippen LogP contribution in [0.3, 0.4) is 0 Å². The van der Waals surface area contributed by atoms with Gasteiger partial charge in [-0.05, 0) is 62.6 Å². The number of hydrogen-bond acceptors (Lipinski definition) is 5. The van der Waals surface area contributed by atoms with Gasteiger partial charge in [-0.1, -0.05) is 0 Å². The van der Waals surface area contributed by atoms with Crippen molar-refractivity contribution in [2.45, 2.75) is 57.9 Å². The third kappa shape index (κ3) is 5.82. The van der Waals surface area contributed by atoms with Gasteiger partial charge in [-0.15, -0.1) is 0 Å². The topological polar surface area (TPSA) is 82.5 Å². The van der Waals surface area contributed by atoms with Crippen LogP contribution in [0, 0.1) is 5.41 Å². The summed E-state index contributed by atoms with van der Waals surface area (Å²) < 4.78 is 90.9. The average molecular weight is 547 g/mol. The van der Waals surface area contributed by atoms with E-state index in [1.807, 2.05) is 6.92 Å². The minimum atomic E-state index is -5.18. The van der Waals surface area contributed by atoms with Crippen molar-refractivity contribution in [2.24, 2.45) is 5.41 Å². The lowest BCUT2D eigenvalue weighted by atomic mass is 9.75. The standard InChI is InChI=1S/C25H27F6N3O4/c1-2-34-20-17(13-23(14-32-21(20)35)7-10-37-11-8-23)19(33-34)4-3-9-38-22(36)16-6-5-15(24(26,27)28)12-18(16)25(29,30)31/h5-6,12H,2-4,7-11,13-14H2,1H3,(H,32,35). The largest absolute Gasteiger partial charge is 0.462 e. The summed E-state index contributed by atoms with van der Waals surface area (Å²) in [7, 11) is 0. The summed E-state index contributed by atoms with van der Waals surface area (Å²) in [6, 6.07) is 0.791. The number of benzene rings is 1. The highest BCUT2D eigenvalue weighted by Gasteiger charge is 2.41. The summed E-state index contributed by atoms with van der Waals surface area (Å²) in [4.78, 5) is 25.2. The second-order valence-corrected chi connectivity index (χ2v) is 9.56. The monoisotopic (exact) mass is 547 g/mol. The highest BCUT2D eigenvalue weighted by Crippen LogP contribution is 2.39. The number of esters is 1. The Labute approximate surface area is 214 Å². The number of hydrogen-bond donors (Lipinski definition) is 1. The van der Waals surface area contributed by atoms with Gasteiger partial charge in [0.25, 0.3) is 5.91 Å². The summed E-state index contributed by atoms with van der Waals surface area (Å²) >= 11 is 0. The zero-order valence-electron chi connectivity index (χ0n) is 20.6. The number of rotatable bonds is 6. The lowest BCUT2D eigenvalue weighted by Gasteiger charge is -2.36. The molecule has 7 nitrogen and oxygen atoms in total. The van der Waals surface area contributed by atoms with E-state index in [1.54, 1.807) is 4.68 Å². The number of halogens is 6. The Kier molecular flexibility index (Phi) is 7.78. The maximum Gasteiger partial charge on any atom is 0.417 e. The van der Waals surface area contributed by atoms with Crippen molar-refractivity contribution in [1.82, 2.24) is 15.1 Å². The Bertz CT molecular complexity index is 1200. The highest BCUT2D eigenvalue weighted by molar-refractivity contribution is 5.95. The quantitative estimate of drug-likeness (QED) is 0.319. The van der Waals surface area contributed by atoms with Crippen LogP contribution >= 0.6 is 0 Å². The van der Waals surface area contributed by atoms with Gasteiger partial charge < -0.3 is 14.8 Å². The Morgan fingerprint density at radius 3 is 2.50 bits per heavy atom. The first-order valence-electron chi connectivity index (χ1n) is 12.2. The fourth-order valence-corrected chi connectivity index (χ4v) is 4.98. The van der Waals surface area contributed by atoms with Crippen molar-refractivity contribution in [3.63, 3.8) is 0 Å². The molecule has 0 radical (unpaired) electrons. The number of carbonyl (C=O) groups excluding carboxylic acids is 2. The van der Waals surface area contributed by atoms with Crippen LogP contribution in [0.2, 0.25) is 0 Å². The molecule has 1 spiro atoms. The van der Waals surface area contributed by atoms with Crippen LogP contribution in [0.1, 0.15) is 69.4 Å². The highest BCUT2D eigenvalue weighted by atomic mass is 19.4. The number of amides is 1. The van der Waals surface area contributed by atoms with Gasteiger partial charge in [0.05, 0.1) is 29.0 Å². The van der Waals surface area contributed by atoms with E-state index in [1.165, 1.54) is 0 Å². The Hall–Kier alpha value is -3.09. The van der Waals surface area contributed by atoms with E-state index in [0.29, 0.717) is 62.7 Å². The average Bonchev–Trinajstić information content (AvgIpc) is 3.14. The summed E-state index contributed by atoms with van der Waals surface area (Å²) in [5.41, 5.74) is -2.46. The summed E-state index contributed by atoms with van der Waals surface area (Å²) in [5.74, 6) is -1.60. The molecule has 1 saturated heterocycles. The molecule has 0 saturated carbocycles. The molecule has 2 aliphatic rings. The van der Waals surface area contributed by atoms with Gasteiger partial charge >= 0.3 is 18.3 Å². The molecular weight excluding hydrogens is 520 g/mol. The Morgan fingerprint density at radius 2 is 1.87 bits per heavy atom. The van der Waals surface area contributed by atoms with Crippen molar-refractivity contribution in [3.8, 4) is 0 Å². The van der Waals surface area contributed by atoms with Crippen LogP contribution in [-0.2, 0) is 41.2 Å². The zero-order valence-corrected chi connectivity index (χ0v) is 20.6. The second-order valence-electron chi connectivity index (χ2n) is 9.56. The van der Waals surface area contributed by atoms with Gasteiger partial charge in [0.15, 0.2) is 0 Å². The second kappa shape index (κ2) is 10.6. The van der Waals surface area contributed by atoms with Crippen LogP contribution in [0.5, 0.6) is 0 Å². The molecule has 13 heteroatoms. The number of aryl methyl sites for hydroxylation is 2. The third-order valence-corrected chi connectivity index (χ3v) is 7.04. The van der Waals surface area contributed by atoms with E-state index in [0.717, 1.165) is 18.4 Å². The molecule has 1 aromatic carbocycles. The predicted octanol–water partition coefficient (Wildman–Crippen LogP) is 4.81. The minimum absolute atomic E-state index is 0.0968. The van der Waals surface area contributed by atoms with Crippen molar-refractivity contribution in [3.05, 3.63) is 51.8 Å². The van der Waals surface area contributed by atoms with E-state index < -0.39 is 35.0 Å². The predicted molar refractivity (Wildman–Crippen MR) is 121 cm³/mol. The smallest absolute Gasteiger partial charge is 0.417 e. The van der Waals surface area contributed by atoms with E-state index in [2.05, 4.69) is 10.4 Å². The molecule has 1 aromatic heterocycles. The van der Waals surface area contributed by atoms with Gasteiger partial charge in [0, 0.05) is 31.9 Å². The number of carbonyl (C=O) groups is 2. The molecule has 3 heterocycles. The Morgan fingerprint density at radius 1 is 1.16 bits per heavy atom. The van der Waals surface area contributed by atoms with Crippen molar-refractivity contribution < 1.29 is 45.4 Å². The van der Waals surface area contributed by atoms with Gasteiger partial charge in [0.1, 0.15) is 5.69 Å². The SMILES string of the molecule is CCn1nc(CCCOC(=O)c2ccc(C(F)(F)F)cc2C(F)(F)F)c2c1C(=O)NCC1(CCOCC1)C2. The molecule has 1 amide bonds. The molecule has 2 aromatic rings. The minimum Gasteiger partial charge on any atom is -0.462 e. The van der Waals surface area contributed by atoms with Crippen LogP contribution in [0.15, 0.2) is 18.2 Å². The maximum atomic E-state index is 13.4. The van der Waals surface area contributed by atoms with Crippen LogP contribution in [0.25, 0.3) is 0 Å².